The molecule has 0 saturated heterocycles. The van der Waals surface area contributed by atoms with Gasteiger partial charge in [0.05, 0.1) is 29.0 Å². The van der Waals surface area contributed by atoms with Crippen LogP contribution in [0.1, 0.15) is 15.9 Å². The molecule has 1 heterocycles. The first-order valence-electron chi connectivity index (χ1n) is 9.09. The lowest BCUT2D eigenvalue weighted by atomic mass is 10.1. The minimum absolute atomic E-state index is 0. The second-order valence-electron chi connectivity index (χ2n) is 6.70. The van der Waals surface area contributed by atoms with Crippen LogP contribution in [0, 0.1) is 15.5 Å². The van der Waals surface area contributed by atoms with Crippen LogP contribution in [0.3, 0.4) is 0 Å². The Kier molecular flexibility index (Phi) is 6.27. The number of nitrogens with zero attached hydrogens (tertiary/aromatic N) is 3. The predicted molar refractivity (Wildman–Crippen MR) is 109 cm³/mol. The van der Waals surface area contributed by atoms with E-state index in [1.165, 1.54) is 18.2 Å². The zero-order chi connectivity index (χ0) is 20.4. The molecule has 8 heteroatoms. The molecule has 0 amide bonds. The number of aromatic nitrogens is 2. The zero-order valence-electron chi connectivity index (χ0n) is 15.9. The van der Waals surface area contributed by atoms with Crippen molar-refractivity contribution in [3.05, 3.63) is 106 Å². The molecule has 0 aliphatic rings. The van der Waals surface area contributed by atoms with Crippen molar-refractivity contribution in [3.8, 4) is 0 Å². The summed E-state index contributed by atoms with van der Waals surface area (Å²) in [6, 6.07) is 23.1. The van der Waals surface area contributed by atoms with E-state index in [0.29, 0.717) is 6.54 Å². The summed E-state index contributed by atoms with van der Waals surface area (Å²) in [4.78, 5) is 23.3. The first kappa shape index (κ1) is 21.2. The molecule has 7 nitrogen and oxygen atoms in total. The van der Waals surface area contributed by atoms with Crippen molar-refractivity contribution in [2.75, 3.05) is 0 Å². The molecule has 152 valence electrons. The second-order valence-corrected chi connectivity index (χ2v) is 6.70. The summed E-state index contributed by atoms with van der Waals surface area (Å²) in [6.45, 7) is 0.445. The molecule has 0 aliphatic heterocycles. The first-order valence-corrected chi connectivity index (χ1v) is 9.09. The van der Waals surface area contributed by atoms with Crippen LogP contribution in [0.15, 0.2) is 78.9 Å². The van der Waals surface area contributed by atoms with Crippen molar-refractivity contribution in [2.45, 2.75) is 13.1 Å². The van der Waals surface area contributed by atoms with Crippen molar-refractivity contribution < 1.29 is 26.7 Å². The lowest BCUT2D eigenvalue weighted by molar-refractivity contribution is -0.384. The van der Waals surface area contributed by atoms with Gasteiger partial charge in [-0.25, -0.2) is 0 Å². The van der Waals surface area contributed by atoms with E-state index in [1.807, 2.05) is 59.2 Å². The van der Waals surface area contributed by atoms with E-state index in [4.69, 9.17) is 5.41 Å². The Morgan fingerprint density at radius 2 is 1.53 bits per heavy atom. The third-order valence-corrected chi connectivity index (χ3v) is 4.84. The largest absolute Gasteiger partial charge is 1.00 e. The van der Waals surface area contributed by atoms with Gasteiger partial charge in [0, 0.05) is 17.7 Å². The predicted octanol–water partition coefficient (Wildman–Crippen LogP) is 0.766. The van der Waals surface area contributed by atoms with Gasteiger partial charge >= 0.3 is 0 Å². The molecule has 0 unspecified atom stereocenters. The summed E-state index contributed by atoms with van der Waals surface area (Å²) in [5, 5.41) is 19.7. The Hall–Kier alpha value is -3.52. The molecule has 1 aromatic heterocycles. The second kappa shape index (κ2) is 8.87. The minimum atomic E-state index is -0.522. The van der Waals surface area contributed by atoms with Crippen molar-refractivity contribution in [1.82, 2.24) is 9.13 Å². The molecule has 30 heavy (non-hydrogen) atoms. The minimum Gasteiger partial charge on any atom is -1.00 e. The third-order valence-electron chi connectivity index (χ3n) is 4.84. The summed E-state index contributed by atoms with van der Waals surface area (Å²) in [5.74, 6) is -0.283. The average Bonchev–Trinajstić information content (AvgIpc) is 3.00. The van der Waals surface area contributed by atoms with Crippen LogP contribution in [0.5, 0.6) is 0 Å². The Balaban J connectivity index is 0.00000256. The molecule has 0 saturated carbocycles. The molecule has 0 spiro atoms. The van der Waals surface area contributed by atoms with E-state index in [1.54, 1.807) is 10.6 Å². The molecule has 0 atom stereocenters. The molecule has 4 aromatic rings. The zero-order valence-corrected chi connectivity index (χ0v) is 17.5. The molecule has 4 rings (SSSR count). The topological polar surface area (TPSA) is 93.9 Å². The van der Waals surface area contributed by atoms with Crippen LogP contribution < -0.4 is 22.6 Å². The van der Waals surface area contributed by atoms with Gasteiger partial charge in [-0.3, -0.25) is 20.3 Å². The lowest BCUT2D eigenvalue weighted by Gasteiger charge is -2.05. The van der Waals surface area contributed by atoms with Gasteiger partial charge in [-0.15, -0.1) is 0 Å². The highest BCUT2D eigenvalue weighted by atomic mass is 79.9. The number of hydrogen-bond donors (Lipinski definition) is 1. The monoisotopic (exact) mass is 465 g/mol. The number of fused-ring (bicyclic) bond motifs is 1. The Bertz CT molecular complexity index is 1280. The van der Waals surface area contributed by atoms with Crippen LogP contribution in [0.25, 0.3) is 11.0 Å². The van der Waals surface area contributed by atoms with Gasteiger partial charge in [-0.2, -0.15) is 0 Å². The number of carbonyl (C=O) groups excluding carboxylic acids is 1. The van der Waals surface area contributed by atoms with E-state index in [0.717, 1.165) is 16.6 Å². The summed E-state index contributed by atoms with van der Waals surface area (Å²) in [6.07, 6.45) is 0. The van der Waals surface area contributed by atoms with Crippen LogP contribution in [0.2, 0.25) is 0 Å². The molecule has 0 fully saturated rings. The van der Waals surface area contributed by atoms with Gasteiger partial charge in [-0.1, -0.05) is 54.6 Å². The van der Waals surface area contributed by atoms with Gasteiger partial charge in [0.1, 0.15) is 0 Å². The van der Waals surface area contributed by atoms with E-state index < -0.39 is 4.92 Å². The van der Waals surface area contributed by atoms with Crippen molar-refractivity contribution in [1.29, 1.82) is 5.41 Å². The fourth-order valence-corrected chi connectivity index (χ4v) is 3.41. The number of non-ortho nitro benzene ring substituents is 1. The summed E-state index contributed by atoms with van der Waals surface area (Å²) in [5.41, 5.74) is 3.01. The number of carbonyl (C=O) groups is 1. The number of nitro groups is 1. The summed E-state index contributed by atoms with van der Waals surface area (Å²) >= 11 is 0. The van der Waals surface area contributed by atoms with Crippen molar-refractivity contribution in [3.63, 3.8) is 0 Å². The molecule has 0 bridgehead atoms. The van der Waals surface area contributed by atoms with Crippen LogP contribution in [0.4, 0.5) is 5.69 Å². The number of para-hydroxylation sites is 2. The number of nitro benzene ring substituents is 1. The van der Waals surface area contributed by atoms with Crippen molar-refractivity contribution in [2.24, 2.45) is 0 Å². The standard InChI is InChI=1S/C22H18N4O3.BrH/c23-22-24(14-16-7-2-1-3-8-16)19-11-4-5-12-20(19)25(22)15-21(27)17-9-6-10-18(13-17)26(28)29;/h1-13,23H,14-15H2;1H/p-1. The molecule has 0 aliphatic carbocycles. The van der Waals surface area contributed by atoms with Crippen LogP contribution in [-0.4, -0.2) is 19.8 Å². The normalized spacial score (nSPS) is 10.5. The number of benzene rings is 3. The molecule has 3 aromatic carbocycles. The maximum Gasteiger partial charge on any atom is 0.270 e. The number of Topliss-reactive ketones (excluding diaryl/α,β-unsaturated/α-hetero) is 1. The quantitative estimate of drug-likeness (QED) is 0.259. The number of hydrogen-bond acceptors (Lipinski definition) is 4. The van der Waals surface area contributed by atoms with Gasteiger partial charge in [-0.05, 0) is 17.7 Å². The summed E-state index contributed by atoms with van der Waals surface area (Å²) in [7, 11) is 0. The fraction of sp³-hybridized carbons (Fsp3) is 0.0909. The maximum atomic E-state index is 12.8. The van der Waals surface area contributed by atoms with Gasteiger partial charge < -0.3 is 26.1 Å². The highest BCUT2D eigenvalue weighted by molar-refractivity contribution is 5.97. The molecular weight excluding hydrogens is 448 g/mol. The molecule has 0 radical (unpaired) electrons. The average molecular weight is 466 g/mol. The van der Waals surface area contributed by atoms with Crippen LogP contribution >= 0.6 is 0 Å². The Morgan fingerprint density at radius 3 is 2.20 bits per heavy atom. The van der Waals surface area contributed by atoms with Gasteiger partial charge in [0.2, 0.25) is 5.62 Å². The van der Waals surface area contributed by atoms with E-state index in [9.17, 15) is 14.9 Å². The molecular formula is C22H18BrN4O3-. The van der Waals surface area contributed by atoms with Gasteiger partial charge in [0.25, 0.3) is 5.69 Å². The summed E-state index contributed by atoms with van der Waals surface area (Å²) < 4.78 is 3.49. The van der Waals surface area contributed by atoms with E-state index >= 15 is 0 Å². The highest BCUT2D eigenvalue weighted by Crippen LogP contribution is 2.17. The maximum absolute atomic E-state index is 12.8. The number of nitrogens with one attached hydrogen (secondary N) is 1. The van der Waals surface area contributed by atoms with Gasteiger partial charge in [0.15, 0.2) is 5.78 Å². The smallest absolute Gasteiger partial charge is 0.270 e. The third kappa shape index (κ3) is 4.08. The SMILES string of the molecule is N=c1n(CC(=O)c2cccc([N+](=O)[O-])c2)c2ccccc2n1Cc1ccccc1.[Br-]. The van der Waals surface area contributed by atoms with Crippen molar-refractivity contribution >= 4 is 22.5 Å². The number of halogens is 1. The number of rotatable bonds is 6. The van der Waals surface area contributed by atoms with Crippen LogP contribution in [-0.2, 0) is 13.1 Å². The van der Waals surface area contributed by atoms with E-state index in [-0.39, 0.29) is 46.2 Å². The molecule has 1 N–H and O–H groups in total. The number of imidazole rings is 1. The number of ketones is 1. The van der Waals surface area contributed by atoms with E-state index in [2.05, 4.69) is 0 Å². The highest BCUT2D eigenvalue weighted by Gasteiger charge is 2.16. The first-order chi connectivity index (χ1) is 14.0. The Labute approximate surface area is 182 Å². The Morgan fingerprint density at radius 1 is 0.900 bits per heavy atom. The fourth-order valence-electron chi connectivity index (χ4n) is 3.41. The lowest BCUT2D eigenvalue weighted by Crippen LogP contribution is -3.00.